The molecule has 0 bridgehead atoms. The Labute approximate surface area is 184 Å². The second-order valence-corrected chi connectivity index (χ2v) is 7.16. The lowest BCUT2D eigenvalue weighted by Gasteiger charge is -2.42. The van der Waals surface area contributed by atoms with Crippen LogP contribution >= 0.6 is 22.6 Å². The topological polar surface area (TPSA) is 9.23 Å². The summed E-state index contributed by atoms with van der Waals surface area (Å²) in [5.41, 5.74) is 0. The van der Waals surface area contributed by atoms with Crippen molar-refractivity contribution in [3.05, 3.63) is 27.8 Å². The van der Waals surface area contributed by atoms with Crippen LogP contribution in [0.1, 0.15) is 0 Å². The number of ether oxygens (including phenoxy) is 1. The van der Waals surface area contributed by atoms with Crippen molar-refractivity contribution in [2.45, 2.75) is 47.8 Å². The molecule has 0 aliphatic rings. The molecule has 0 fully saturated rings. The summed E-state index contributed by atoms with van der Waals surface area (Å²) < 4.78 is 225. The molecule has 0 saturated carbocycles. The standard InChI is InChI=1S/C14H4F17IO/c15-7(16,9(19,20)11(23,24)13(27,28)29)8(17,18)10(21,22)12(25,26)14(30,31)33-6-4-2-1-3-5(6)32/h1-4H. The van der Waals surface area contributed by atoms with Crippen molar-refractivity contribution in [3.63, 3.8) is 0 Å². The van der Waals surface area contributed by atoms with Crippen LogP contribution in [0.4, 0.5) is 74.6 Å². The van der Waals surface area contributed by atoms with E-state index in [1.165, 1.54) is 0 Å². The van der Waals surface area contributed by atoms with Crippen LogP contribution < -0.4 is 4.74 Å². The number of benzene rings is 1. The molecule has 0 amide bonds. The molecule has 0 aromatic heterocycles. The Kier molecular flexibility index (Phi) is 7.23. The lowest BCUT2D eigenvalue weighted by Crippen LogP contribution is -2.74. The van der Waals surface area contributed by atoms with Crippen LogP contribution in [0.25, 0.3) is 0 Å². The van der Waals surface area contributed by atoms with E-state index in [2.05, 4.69) is 4.74 Å². The summed E-state index contributed by atoms with van der Waals surface area (Å²) in [6, 6.07) is 2.92. The molecule has 1 nitrogen and oxygen atoms in total. The van der Waals surface area contributed by atoms with E-state index in [0.717, 1.165) is 40.8 Å². The highest BCUT2D eigenvalue weighted by Gasteiger charge is 2.95. The first kappa shape index (κ1) is 29.6. The van der Waals surface area contributed by atoms with Gasteiger partial charge in [-0.2, -0.15) is 74.6 Å². The second kappa shape index (κ2) is 8.06. The largest absolute Gasteiger partial charge is 0.471 e. The zero-order valence-electron chi connectivity index (χ0n) is 14.5. The fraction of sp³-hybridized carbons (Fsp3) is 0.571. The van der Waals surface area contributed by atoms with Crippen molar-refractivity contribution in [2.75, 3.05) is 0 Å². The Balaban J connectivity index is 3.61. The third-order valence-corrected chi connectivity index (χ3v) is 4.66. The molecular weight excluding hydrogens is 634 g/mol. The molecule has 0 radical (unpaired) electrons. The van der Waals surface area contributed by atoms with E-state index in [1.807, 2.05) is 0 Å². The number of alkyl halides is 17. The third-order valence-electron chi connectivity index (χ3n) is 3.77. The molecule has 0 spiro atoms. The maximum atomic E-state index is 13.7. The summed E-state index contributed by atoms with van der Waals surface area (Å²) in [4.78, 5) is 0. The predicted molar refractivity (Wildman–Crippen MR) is 80.5 cm³/mol. The molecule has 0 unspecified atom stereocenters. The zero-order valence-corrected chi connectivity index (χ0v) is 16.7. The zero-order chi connectivity index (χ0) is 26.7. The van der Waals surface area contributed by atoms with Gasteiger partial charge in [-0.25, -0.2) is 0 Å². The minimum absolute atomic E-state index is 0.356. The molecule has 0 heterocycles. The van der Waals surface area contributed by atoms with E-state index in [9.17, 15) is 74.6 Å². The molecular formula is C14H4F17IO. The lowest BCUT2D eigenvalue weighted by molar-refractivity contribution is -0.471. The number of rotatable bonds is 8. The number of halogens is 18. The average Bonchev–Trinajstić information content (AvgIpc) is 2.61. The lowest BCUT2D eigenvalue weighted by atomic mass is 9.90. The molecule has 0 atom stereocenters. The monoisotopic (exact) mass is 638 g/mol. The summed E-state index contributed by atoms with van der Waals surface area (Å²) in [5, 5.41) is 0. The summed E-state index contributed by atoms with van der Waals surface area (Å²) in [6.45, 7) is 0. The van der Waals surface area contributed by atoms with Crippen molar-refractivity contribution in [3.8, 4) is 5.75 Å². The molecule has 0 saturated heterocycles. The van der Waals surface area contributed by atoms with E-state index in [-0.39, 0.29) is 0 Å². The number of hydrogen-bond donors (Lipinski definition) is 0. The summed E-state index contributed by atoms with van der Waals surface area (Å²) in [5.74, 6) is -51.7. The van der Waals surface area contributed by atoms with Crippen molar-refractivity contribution >= 4 is 22.6 Å². The first-order chi connectivity index (χ1) is 14.2. The van der Waals surface area contributed by atoms with Crippen LogP contribution in [0.2, 0.25) is 0 Å². The Morgan fingerprint density at radius 3 is 1.18 bits per heavy atom. The van der Waals surface area contributed by atoms with Crippen molar-refractivity contribution in [2.24, 2.45) is 0 Å². The maximum absolute atomic E-state index is 13.7. The predicted octanol–water partition coefficient (Wildman–Crippen LogP) is 7.64. The number of hydrogen-bond acceptors (Lipinski definition) is 1. The molecule has 33 heavy (non-hydrogen) atoms. The SMILES string of the molecule is FC(F)(F)C(F)(F)C(F)(F)C(F)(F)C(F)(F)C(F)(F)C(F)(F)C(F)(F)Oc1ccccc1I. The van der Waals surface area contributed by atoms with Crippen LogP contribution in [-0.2, 0) is 0 Å². The van der Waals surface area contributed by atoms with Crippen LogP contribution in [-0.4, -0.2) is 47.8 Å². The van der Waals surface area contributed by atoms with Crippen LogP contribution in [0.15, 0.2) is 24.3 Å². The third kappa shape index (κ3) is 4.14. The van der Waals surface area contributed by atoms with Gasteiger partial charge >= 0.3 is 47.8 Å². The van der Waals surface area contributed by atoms with Gasteiger partial charge in [0.2, 0.25) is 0 Å². The Morgan fingerprint density at radius 2 is 0.818 bits per heavy atom. The van der Waals surface area contributed by atoms with Gasteiger partial charge < -0.3 is 4.74 Å². The molecule has 1 aromatic rings. The quantitative estimate of drug-likeness (QED) is 0.210. The smallest absolute Gasteiger partial charge is 0.427 e. The van der Waals surface area contributed by atoms with Gasteiger partial charge in [-0.05, 0) is 34.7 Å². The summed E-state index contributed by atoms with van der Waals surface area (Å²) in [6.07, 6.45) is -14.7. The Morgan fingerprint density at radius 1 is 0.485 bits per heavy atom. The van der Waals surface area contributed by atoms with Gasteiger partial charge in [0, 0.05) is 0 Å². The number of para-hydroxylation sites is 1. The highest BCUT2D eigenvalue weighted by molar-refractivity contribution is 14.1. The fourth-order valence-corrected chi connectivity index (χ4v) is 2.38. The second-order valence-electron chi connectivity index (χ2n) is 5.99. The average molecular weight is 638 g/mol. The van der Waals surface area contributed by atoms with Gasteiger partial charge in [-0.15, -0.1) is 0 Å². The molecule has 0 aliphatic carbocycles. The normalized spacial score (nSPS) is 15.6. The van der Waals surface area contributed by atoms with E-state index < -0.39 is 57.1 Å². The van der Waals surface area contributed by atoms with Gasteiger partial charge in [-0.1, -0.05) is 12.1 Å². The Hall–Kier alpha value is -1.44. The van der Waals surface area contributed by atoms with E-state index >= 15 is 0 Å². The highest BCUT2D eigenvalue weighted by Crippen LogP contribution is 2.64. The highest BCUT2D eigenvalue weighted by atomic mass is 127. The van der Waals surface area contributed by atoms with Gasteiger partial charge in [0.25, 0.3) is 0 Å². The molecule has 0 aliphatic heterocycles. The maximum Gasteiger partial charge on any atom is 0.471 e. The van der Waals surface area contributed by atoms with Crippen molar-refractivity contribution in [1.82, 2.24) is 0 Å². The minimum Gasteiger partial charge on any atom is -0.427 e. The van der Waals surface area contributed by atoms with Crippen LogP contribution in [0.5, 0.6) is 5.75 Å². The van der Waals surface area contributed by atoms with E-state index in [1.54, 1.807) is 0 Å². The molecule has 19 heteroatoms. The van der Waals surface area contributed by atoms with Gasteiger partial charge in [-0.3, -0.25) is 0 Å². The van der Waals surface area contributed by atoms with Crippen LogP contribution in [0.3, 0.4) is 0 Å². The molecule has 0 N–H and O–H groups in total. The molecule has 192 valence electrons. The Bertz CT molecular complexity index is 860. The summed E-state index contributed by atoms with van der Waals surface area (Å²) >= 11 is 1.06. The van der Waals surface area contributed by atoms with Gasteiger partial charge in [0.15, 0.2) is 0 Å². The van der Waals surface area contributed by atoms with Crippen molar-refractivity contribution < 1.29 is 79.4 Å². The summed E-state index contributed by atoms with van der Waals surface area (Å²) in [7, 11) is 0. The minimum atomic E-state index is -8.66. The van der Waals surface area contributed by atoms with E-state index in [0.29, 0.717) is 6.07 Å². The van der Waals surface area contributed by atoms with E-state index in [4.69, 9.17) is 0 Å². The first-order valence-electron chi connectivity index (χ1n) is 7.39. The van der Waals surface area contributed by atoms with Gasteiger partial charge in [0.05, 0.1) is 3.57 Å². The van der Waals surface area contributed by atoms with Crippen LogP contribution in [0, 0.1) is 3.57 Å². The molecule has 1 rings (SSSR count). The van der Waals surface area contributed by atoms with Crippen molar-refractivity contribution in [1.29, 1.82) is 0 Å². The fourth-order valence-electron chi connectivity index (χ4n) is 1.88. The first-order valence-corrected chi connectivity index (χ1v) is 8.47. The molecule has 1 aromatic carbocycles. The van der Waals surface area contributed by atoms with Gasteiger partial charge in [0.1, 0.15) is 5.75 Å².